The molecule has 0 bridgehead atoms. The summed E-state index contributed by atoms with van der Waals surface area (Å²) >= 11 is 2.19. The molecule has 0 unspecified atom stereocenters. The van der Waals surface area contributed by atoms with E-state index in [1.807, 2.05) is 56.3 Å². The molecule has 0 saturated carbocycles. The Labute approximate surface area is 201 Å². The summed E-state index contributed by atoms with van der Waals surface area (Å²) in [7, 11) is 0. The Morgan fingerprint density at radius 1 is 1.03 bits per heavy atom. The third kappa shape index (κ3) is 6.59. The number of carbonyl (C=O) groups excluding carboxylic acids is 1. The second kappa shape index (κ2) is 11.3. The Kier molecular flexibility index (Phi) is 8.28. The van der Waals surface area contributed by atoms with Crippen LogP contribution in [0.4, 0.5) is 5.69 Å². The molecule has 6 heteroatoms. The maximum absolute atomic E-state index is 12.5. The maximum Gasteiger partial charge on any atom is 0.266 e. The number of ether oxygens (including phenoxy) is 2. The third-order valence-corrected chi connectivity index (χ3v) is 5.28. The number of nitrogens with one attached hydrogen (secondary N) is 1. The van der Waals surface area contributed by atoms with Crippen molar-refractivity contribution in [3.8, 4) is 17.6 Å². The van der Waals surface area contributed by atoms with Crippen LogP contribution in [0.2, 0.25) is 0 Å². The molecule has 1 amide bonds. The number of aryl methyl sites for hydroxylation is 1. The minimum absolute atomic E-state index is 0.000628. The SMILES string of the molecule is CCOc1cc(/C=C(\C#N)C(=O)Nc2ccc(I)cc2)ccc1OCc1ccc(C)cc1. The van der Waals surface area contributed by atoms with E-state index in [9.17, 15) is 10.1 Å². The van der Waals surface area contributed by atoms with Crippen LogP contribution in [-0.4, -0.2) is 12.5 Å². The molecule has 3 aromatic rings. The summed E-state index contributed by atoms with van der Waals surface area (Å²) in [5.74, 6) is 0.696. The predicted octanol–water partition coefficient (Wildman–Crippen LogP) is 6.12. The fourth-order valence-corrected chi connectivity index (χ4v) is 3.25. The van der Waals surface area contributed by atoms with Crippen molar-refractivity contribution in [2.24, 2.45) is 0 Å². The highest BCUT2D eigenvalue weighted by Crippen LogP contribution is 2.30. The van der Waals surface area contributed by atoms with Gasteiger partial charge in [0.1, 0.15) is 18.2 Å². The monoisotopic (exact) mass is 538 g/mol. The van der Waals surface area contributed by atoms with E-state index in [1.165, 1.54) is 11.6 Å². The zero-order valence-electron chi connectivity index (χ0n) is 17.9. The molecule has 0 aromatic heterocycles. The number of nitrogens with zero attached hydrogens (tertiary/aromatic N) is 1. The quantitative estimate of drug-likeness (QED) is 0.213. The molecule has 0 spiro atoms. The van der Waals surface area contributed by atoms with E-state index in [2.05, 4.69) is 27.9 Å². The number of nitriles is 1. The molecule has 1 N–H and O–H groups in total. The van der Waals surface area contributed by atoms with Crippen LogP contribution in [0.5, 0.6) is 11.5 Å². The molecule has 32 heavy (non-hydrogen) atoms. The van der Waals surface area contributed by atoms with Crippen molar-refractivity contribution in [2.75, 3.05) is 11.9 Å². The van der Waals surface area contributed by atoms with Crippen LogP contribution in [-0.2, 0) is 11.4 Å². The van der Waals surface area contributed by atoms with Crippen LogP contribution in [0.1, 0.15) is 23.6 Å². The maximum atomic E-state index is 12.5. The standard InChI is InChI=1S/C26H23IN2O3/c1-3-31-25-15-20(8-13-24(25)32-17-19-6-4-18(2)5-7-19)14-21(16-28)26(30)29-23-11-9-22(27)10-12-23/h4-15H,3,17H2,1-2H3,(H,29,30)/b21-14+. The van der Waals surface area contributed by atoms with Gasteiger partial charge >= 0.3 is 0 Å². The van der Waals surface area contributed by atoms with E-state index in [4.69, 9.17) is 9.47 Å². The third-order valence-electron chi connectivity index (χ3n) is 4.56. The van der Waals surface area contributed by atoms with Crippen molar-refractivity contribution < 1.29 is 14.3 Å². The van der Waals surface area contributed by atoms with Gasteiger partial charge in [-0.15, -0.1) is 0 Å². The first-order chi connectivity index (χ1) is 15.5. The molecule has 0 atom stereocenters. The van der Waals surface area contributed by atoms with Gasteiger partial charge in [0.25, 0.3) is 5.91 Å². The number of carbonyl (C=O) groups is 1. The van der Waals surface area contributed by atoms with Gasteiger partial charge in [0.15, 0.2) is 11.5 Å². The van der Waals surface area contributed by atoms with Crippen molar-refractivity contribution in [3.63, 3.8) is 0 Å². The molecule has 0 aliphatic carbocycles. The molecule has 3 rings (SSSR count). The average Bonchev–Trinajstić information content (AvgIpc) is 2.79. The lowest BCUT2D eigenvalue weighted by molar-refractivity contribution is -0.112. The van der Waals surface area contributed by atoms with Crippen molar-refractivity contribution in [1.82, 2.24) is 0 Å². The van der Waals surface area contributed by atoms with Crippen molar-refractivity contribution in [2.45, 2.75) is 20.5 Å². The summed E-state index contributed by atoms with van der Waals surface area (Å²) in [4.78, 5) is 12.5. The van der Waals surface area contributed by atoms with Gasteiger partial charge in [-0.3, -0.25) is 4.79 Å². The molecule has 0 aliphatic heterocycles. The van der Waals surface area contributed by atoms with Gasteiger partial charge in [-0.05, 0) is 90.0 Å². The molecular weight excluding hydrogens is 515 g/mol. The zero-order chi connectivity index (χ0) is 22.9. The second-order valence-electron chi connectivity index (χ2n) is 7.04. The lowest BCUT2D eigenvalue weighted by Crippen LogP contribution is -2.13. The molecule has 3 aromatic carbocycles. The number of hydrogen-bond donors (Lipinski definition) is 1. The zero-order valence-corrected chi connectivity index (χ0v) is 20.0. The molecule has 162 valence electrons. The van der Waals surface area contributed by atoms with E-state index in [0.717, 1.165) is 9.13 Å². The normalized spacial score (nSPS) is 10.9. The number of benzene rings is 3. The number of rotatable bonds is 8. The van der Waals surface area contributed by atoms with Crippen molar-refractivity contribution in [3.05, 3.63) is 92.6 Å². The van der Waals surface area contributed by atoms with Gasteiger partial charge in [0, 0.05) is 9.26 Å². The highest BCUT2D eigenvalue weighted by Gasteiger charge is 2.12. The second-order valence-corrected chi connectivity index (χ2v) is 8.29. The highest BCUT2D eigenvalue weighted by molar-refractivity contribution is 14.1. The van der Waals surface area contributed by atoms with Crippen LogP contribution >= 0.6 is 22.6 Å². The summed E-state index contributed by atoms with van der Waals surface area (Å²) < 4.78 is 12.7. The topological polar surface area (TPSA) is 71.3 Å². The fourth-order valence-electron chi connectivity index (χ4n) is 2.89. The summed E-state index contributed by atoms with van der Waals surface area (Å²) in [6.45, 7) is 4.81. The molecule has 0 fully saturated rings. The van der Waals surface area contributed by atoms with E-state index in [1.54, 1.807) is 30.3 Å². The van der Waals surface area contributed by atoms with Gasteiger partial charge in [-0.1, -0.05) is 35.9 Å². The first-order valence-corrected chi connectivity index (χ1v) is 11.2. The fraction of sp³-hybridized carbons (Fsp3) is 0.154. The van der Waals surface area contributed by atoms with Crippen LogP contribution in [0, 0.1) is 21.8 Å². The Morgan fingerprint density at radius 3 is 2.41 bits per heavy atom. The molecule has 0 saturated heterocycles. The van der Waals surface area contributed by atoms with E-state index in [-0.39, 0.29) is 5.57 Å². The van der Waals surface area contributed by atoms with Gasteiger partial charge in [0.2, 0.25) is 0 Å². The van der Waals surface area contributed by atoms with Crippen LogP contribution in [0.25, 0.3) is 6.08 Å². The Bertz CT molecular complexity index is 1150. The minimum Gasteiger partial charge on any atom is -0.490 e. The first kappa shape index (κ1) is 23.4. The summed E-state index contributed by atoms with van der Waals surface area (Å²) in [5.41, 5.74) is 3.55. The molecular formula is C26H23IN2O3. The van der Waals surface area contributed by atoms with Crippen molar-refractivity contribution >= 4 is 40.3 Å². The smallest absolute Gasteiger partial charge is 0.266 e. The number of halogens is 1. The Balaban J connectivity index is 1.76. The van der Waals surface area contributed by atoms with Gasteiger partial charge in [-0.25, -0.2) is 0 Å². The van der Waals surface area contributed by atoms with Crippen LogP contribution in [0.3, 0.4) is 0 Å². The average molecular weight is 538 g/mol. The number of hydrogen-bond acceptors (Lipinski definition) is 4. The predicted molar refractivity (Wildman–Crippen MR) is 135 cm³/mol. The highest BCUT2D eigenvalue weighted by atomic mass is 127. The minimum atomic E-state index is -0.466. The number of anilines is 1. The summed E-state index contributed by atoms with van der Waals surface area (Å²) in [6, 6.07) is 22.8. The van der Waals surface area contributed by atoms with E-state index >= 15 is 0 Å². The number of amides is 1. The first-order valence-electron chi connectivity index (χ1n) is 10.1. The molecule has 0 aliphatic rings. The lowest BCUT2D eigenvalue weighted by atomic mass is 10.1. The van der Waals surface area contributed by atoms with Gasteiger partial charge < -0.3 is 14.8 Å². The lowest BCUT2D eigenvalue weighted by Gasteiger charge is -2.13. The summed E-state index contributed by atoms with van der Waals surface area (Å²) in [5, 5.41) is 12.2. The van der Waals surface area contributed by atoms with E-state index in [0.29, 0.717) is 36.0 Å². The largest absolute Gasteiger partial charge is 0.490 e. The van der Waals surface area contributed by atoms with E-state index < -0.39 is 5.91 Å². The molecule has 0 radical (unpaired) electrons. The Morgan fingerprint density at radius 2 is 1.75 bits per heavy atom. The van der Waals surface area contributed by atoms with Crippen LogP contribution < -0.4 is 14.8 Å². The van der Waals surface area contributed by atoms with Gasteiger partial charge in [0.05, 0.1) is 6.61 Å². The molecule has 0 heterocycles. The Hall–Kier alpha value is -3.31. The van der Waals surface area contributed by atoms with Crippen LogP contribution in [0.15, 0.2) is 72.3 Å². The van der Waals surface area contributed by atoms with Gasteiger partial charge in [-0.2, -0.15) is 5.26 Å². The molecule has 5 nitrogen and oxygen atoms in total. The van der Waals surface area contributed by atoms with Crippen molar-refractivity contribution in [1.29, 1.82) is 5.26 Å². The summed E-state index contributed by atoms with van der Waals surface area (Å²) in [6.07, 6.45) is 1.54.